The van der Waals surface area contributed by atoms with Crippen molar-refractivity contribution in [3.05, 3.63) is 58.9 Å². The molecule has 1 N–H and O–H groups in total. The maximum Gasteiger partial charge on any atom is 0.254 e. The highest BCUT2D eigenvalue weighted by molar-refractivity contribution is 6.21. The lowest BCUT2D eigenvalue weighted by Gasteiger charge is -2.14. The van der Waals surface area contributed by atoms with Gasteiger partial charge in [0.15, 0.2) is 11.6 Å². The van der Waals surface area contributed by atoms with Crippen LogP contribution in [-0.2, 0) is 9.59 Å². The first kappa shape index (κ1) is 15.7. The highest BCUT2D eigenvalue weighted by atomic mass is 16.2. The van der Waals surface area contributed by atoms with Gasteiger partial charge in [0, 0.05) is 11.6 Å². The number of H-pyrrole nitrogens is 1. The van der Waals surface area contributed by atoms with Crippen LogP contribution in [0.1, 0.15) is 12.8 Å². The van der Waals surface area contributed by atoms with Crippen molar-refractivity contribution in [3.63, 3.8) is 0 Å². The van der Waals surface area contributed by atoms with E-state index in [1.165, 1.54) is 10.6 Å². The Bertz CT molecular complexity index is 1140. The number of fused-ring (bicyclic) bond motifs is 2. The Morgan fingerprint density at radius 1 is 0.963 bits per heavy atom. The normalized spacial score (nSPS) is 21.9. The Kier molecular flexibility index (Phi) is 3.33. The first-order chi connectivity index (χ1) is 13.1. The van der Waals surface area contributed by atoms with Crippen molar-refractivity contribution in [2.24, 2.45) is 11.8 Å². The van der Waals surface area contributed by atoms with Crippen LogP contribution in [0.5, 0.6) is 0 Å². The molecule has 134 valence electrons. The summed E-state index contributed by atoms with van der Waals surface area (Å²) in [4.78, 5) is 45.9. The maximum absolute atomic E-state index is 12.9. The van der Waals surface area contributed by atoms with Crippen molar-refractivity contribution in [3.8, 4) is 11.4 Å². The molecule has 27 heavy (non-hydrogen) atoms. The van der Waals surface area contributed by atoms with Gasteiger partial charge in [-0.2, -0.15) is 9.50 Å². The van der Waals surface area contributed by atoms with E-state index in [1.54, 1.807) is 0 Å². The molecule has 5 rings (SSSR count). The van der Waals surface area contributed by atoms with E-state index >= 15 is 0 Å². The van der Waals surface area contributed by atoms with Crippen LogP contribution in [0.2, 0.25) is 0 Å². The van der Waals surface area contributed by atoms with Crippen LogP contribution in [0, 0.1) is 11.8 Å². The van der Waals surface area contributed by atoms with E-state index in [1.807, 2.05) is 42.5 Å². The Morgan fingerprint density at radius 3 is 2.30 bits per heavy atom. The van der Waals surface area contributed by atoms with Gasteiger partial charge in [-0.05, 0) is 12.8 Å². The van der Waals surface area contributed by atoms with Gasteiger partial charge in [0.2, 0.25) is 17.6 Å². The van der Waals surface area contributed by atoms with Crippen molar-refractivity contribution in [2.75, 3.05) is 4.90 Å². The summed E-state index contributed by atoms with van der Waals surface area (Å²) in [6.07, 6.45) is 4.91. The molecule has 3 aromatic rings. The van der Waals surface area contributed by atoms with Gasteiger partial charge < -0.3 is 0 Å². The number of carbonyl (C=O) groups excluding carboxylic acids is 2. The van der Waals surface area contributed by atoms with Crippen molar-refractivity contribution in [1.29, 1.82) is 0 Å². The van der Waals surface area contributed by atoms with Crippen LogP contribution in [0.4, 0.5) is 5.82 Å². The lowest BCUT2D eigenvalue weighted by molar-refractivity contribution is -0.122. The van der Waals surface area contributed by atoms with Crippen LogP contribution < -0.4 is 10.5 Å². The molecule has 2 aromatic heterocycles. The molecule has 1 saturated heterocycles. The summed E-state index contributed by atoms with van der Waals surface area (Å²) in [7, 11) is 0. The summed E-state index contributed by atoms with van der Waals surface area (Å²) in [5.74, 6) is -0.631. The molecule has 0 saturated carbocycles. The second kappa shape index (κ2) is 5.73. The quantitative estimate of drug-likeness (QED) is 0.551. The average molecular weight is 361 g/mol. The zero-order chi connectivity index (χ0) is 18.5. The number of aromatic amines is 1. The number of hydrogen-bond donors (Lipinski definition) is 1. The van der Waals surface area contributed by atoms with E-state index < -0.39 is 5.56 Å². The summed E-state index contributed by atoms with van der Waals surface area (Å²) >= 11 is 0. The van der Waals surface area contributed by atoms with Crippen molar-refractivity contribution in [1.82, 2.24) is 19.6 Å². The third-order valence-corrected chi connectivity index (χ3v) is 5.09. The highest BCUT2D eigenvalue weighted by Gasteiger charge is 2.48. The number of anilines is 1. The lowest BCUT2D eigenvalue weighted by atomic mass is 9.85. The molecule has 1 aromatic carbocycles. The van der Waals surface area contributed by atoms with Crippen LogP contribution >= 0.6 is 0 Å². The molecule has 0 spiro atoms. The monoisotopic (exact) mass is 361 g/mol. The number of nitrogens with one attached hydrogen (secondary N) is 1. The minimum absolute atomic E-state index is 0.132. The van der Waals surface area contributed by atoms with Crippen LogP contribution in [0.25, 0.3) is 17.2 Å². The molecule has 8 heteroatoms. The molecule has 8 nitrogen and oxygen atoms in total. The molecule has 0 bridgehead atoms. The van der Waals surface area contributed by atoms with E-state index in [4.69, 9.17) is 0 Å². The third kappa shape index (κ3) is 2.33. The molecule has 0 unspecified atom stereocenters. The number of nitrogens with zero attached hydrogens (tertiary/aromatic N) is 4. The maximum atomic E-state index is 12.9. The van der Waals surface area contributed by atoms with Gasteiger partial charge in [-0.1, -0.05) is 42.5 Å². The molecule has 2 atom stereocenters. The van der Waals surface area contributed by atoms with Gasteiger partial charge in [-0.25, -0.2) is 4.90 Å². The molecule has 2 amide bonds. The Morgan fingerprint density at radius 2 is 1.63 bits per heavy atom. The number of benzene rings is 1. The predicted octanol–water partition coefficient (Wildman–Crippen LogP) is 1.54. The third-order valence-electron chi connectivity index (χ3n) is 5.09. The smallest absolute Gasteiger partial charge is 0.254 e. The second-order valence-corrected chi connectivity index (χ2v) is 6.70. The number of carbonyl (C=O) groups is 2. The van der Waals surface area contributed by atoms with Crippen LogP contribution in [0.3, 0.4) is 0 Å². The van der Waals surface area contributed by atoms with E-state index in [0.29, 0.717) is 18.7 Å². The topological polar surface area (TPSA) is 100 Å². The number of hydrogen-bond acceptors (Lipinski definition) is 5. The van der Waals surface area contributed by atoms with Crippen molar-refractivity contribution >= 4 is 23.4 Å². The summed E-state index contributed by atoms with van der Waals surface area (Å²) in [6.45, 7) is 0. The van der Waals surface area contributed by atoms with Crippen molar-refractivity contribution in [2.45, 2.75) is 12.8 Å². The molecule has 1 aliphatic carbocycles. The fourth-order valence-corrected chi connectivity index (χ4v) is 3.77. The average Bonchev–Trinajstić information content (AvgIpc) is 3.22. The number of allylic oxidation sites excluding steroid dienone is 2. The van der Waals surface area contributed by atoms with Gasteiger partial charge in [0.25, 0.3) is 5.56 Å². The minimum Gasteiger partial charge on any atom is -0.291 e. The molecule has 0 radical (unpaired) electrons. The number of amides is 2. The molecular weight excluding hydrogens is 346 g/mol. The van der Waals surface area contributed by atoms with E-state index in [2.05, 4.69) is 15.1 Å². The predicted molar refractivity (Wildman–Crippen MR) is 96.9 cm³/mol. The number of imide groups is 1. The van der Waals surface area contributed by atoms with Gasteiger partial charge in [-0.15, -0.1) is 5.10 Å². The Balaban J connectivity index is 1.67. The number of rotatable bonds is 2. The zero-order valence-corrected chi connectivity index (χ0v) is 14.2. The second-order valence-electron chi connectivity index (χ2n) is 6.70. The van der Waals surface area contributed by atoms with Gasteiger partial charge in [-0.3, -0.25) is 19.4 Å². The Labute approximate surface area is 153 Å². The van der Waals surface area contributed by atoms with E-state index in [-0.39, 0.29) is 35.2 Å². The van der Waals surface area contributed by atoms with E-state index in [9.17, 15) is 14.4 Å². The first-order valence-electron chi connectivity index (χ1n) is 8.72. The van der Waals surface area contributed by atoms with E-state index in [0.717, 1.165) is 10.5 Å². The summed E-state index contributed by atoms with van der Waals surface area (Å²) in [6, 6.07) is 10.5. The molecule has 3 heterocycles. The fourth-order valence-electron chi connectivity index (χ4n) is 3.77. The highest BCUT2D eigenvalue weighted by Crippen LogP contribution is 2.37. The summed E-state index contributed by atoms with van der Waals surface area (Å²) in [5, 5.41) is 4.43. The summed E-state index contributed by atoms with van der Waals surface area (Å²) in [5.41, 5.74) is 0.322. The molecule has 1 aliphatic heterocycles. The van der Waals surface area contributed by atoms with Gasteiger partial charge >= 0.3 is 0 Å². The lowest BCUT2D eigenvalue weighted by Crippen LogP contribution is -2.34. The largest absolute Gasteiger partial charge is 0.291 e. The standard InChI is InChI=1S/C19H15N5O3/c25-14-10-15(23-17(26)12-8-4-5-9-13(12)18(23)27)24-19(20-14)21-16(22-24)11-6-2-1-3-7-11/h1-7,10,12-13H,8-9H2,(H,20,21,22,25)/t12-,13+. The number of aromatic nitrogens is 4. The molecule has 1 fully saturated rings. The zero-order valence-electron chi connectivity index (χ0n) is 14.2. The van der Waals surface area contributed by atoms with Crippen molar-refractivity contribution < 1.29 is 9.59 Å². The minimum atomic E-state index is -0.446. The van der Waals surface area contributed by atoms with Gasteiger partial charge in [0.1, 0.15) is 0 Å². The van der Waals surface area contributed by atoms with Crippen LogP contribution in [0.15, 0.2) is 53.3 Å². The SMILES string of the molecule is O=C1[C@H]2CC=CC[C@H]2C(=O)N1c1cc(=O)[nH]c2nc(-c3ccccc3)nn12. The Hall–Kier alpha value is -3.55. The summed E-state index contributed by atoms with van der Waals surface area (Å²) < 4.78 is 1.35. The molecular formula is C19H15N5O3. The van der Waals surface area contributed by atoms with Gasteiger partial charge in [0.05, 0.1) is 11.8 Å². The fraction of sp³-hybridized carbons (Fsp3) is 0.211. The van der Waals surface area contributed by atoms with Crippen LogP contribution in [-0.4, -0.2) is 31.4 Å². The first-order valence-corrected chi connectivity index (χ1v) is 8.72. The molecule has 2 aliphatic rings.